The van der Waals surface area contributed by atoms with Crippen molar-refractivity contribution in [1.82, 2.24) is 14.9 Å². The van der Waals surface area contributed by atoms with Crippen LogP contribution in [-0.2, 0) is 6.42 Å². The Balaban J connectivity index is 2.25. The van der Waals surface area contributed by atoms with Crippen LogP contribution in [0.1, 0.15) is 37.4 Å². The molecule has 8 nitrogen and oxygen atoms in total. The van der Waals surface area contributed by atoms with Gasteiger partial charge in [0, 0.05) is 13.0 Å². The molecule has 1 atom stereocenters. The average molecular weight is 274 g/mol. The minimum atomic E-state index is -0.404. The van der Waals surface area contributed by atoms with Crippen molar-refractivity contribution in [3.63, 3.8) is 0 Å². The number of aryl methyl sites for hydroxylation is 1. The molecule has 2 heterocycles. The van der Waals surface area contributed by atoms with Crippen molar-refractivity contribution in [2.45, 2.75) is 32.4 Å². The molecule has 20 heavy (non-hydrogen) atoms. The van der Waals surface area contributed by atoms with E-state index >= 15 is 0 Å². The Morgan fingerprint density at radius 2 is 2.30 bits per heavy atom. The molecule has 0 radical (unpaired) electrons. The summed E-state index contributed by atoms with van der Waals surface area (Å²) in [6, 6.07) is 2.09. The van der Waals surface area contributed by atoms with Gasteiger partial charge in [-0.15, -0.1) is 0 Å². The fraction of sp³-hybridized carbons (Fsp3) is 0.500. The third-order valence-electron chi connectivity index (χ3n) is 2.95. The second-order valence-corrected chi connectivity index (χ2v) is 4.47. The summed E-state index contributed by atoms with van der Waals surface area (Å²) in [5.41, 5.74) is 12.3. The second-order valence-electron chi connectivity index (χ2n) is 4.47. The Labute approximate surface area is 117 Å². The molecule has 5 N–H and O–H groups in total. The monoisotopic (exact) mass is 274 g/mol. The van der Waals surface area contributed by atoms with Gasteiger partial charge in [-0.05, 0) is 6.42 Å². The molecule has 0 saturated carbocycles. The summed E-state index contributed by atoms with van der Waals surface area (Å²) < 4.78 is 0. The van der Waals surface area contributed by atoms with Crippen LogP contribution >= 0.6 is 0 Å². The predicted octanol–water partition coefficient (Wildman–Crippen LogP) is 0.219. The third kappa shape index (κ3) is 2.88. The first-order chi connectivity index (χ1) is 9.65. The Hall–Kier alpha value is -2.56. The topological polar surface area (TPSA) is 132 Å². The van der Waals surface area contributed by atoms with Crippen molar-refractivity contribution in [3.05, 3.63) is 17.7 Å². The molecule has 0 fully saturated rings. The van der Waals surface area contributed by atoms with Gasteiger partial charge in [-0.3, -0.25) is 0 Å². The van der Waals surface area contributed by atoms with E-state index in [0.717, 1.165) is 24.4 Å². The largest absolute Gasteiger partial charge is 0.369 e. The lowest BCUT2D eigenvalue weighted by molar-refractivity contribution is 0.317. The van der Waals surface area contributed by atoms with Crippen LogP contribution in [0.3, 0.4) is 0 Å². The van der Waals surface area contributed by atoms with E-state index in [1.54, 1.807) is 11.1 Å². The van der Waals surface area contributed by atoms with E-state index in [9.17, 15) is 0 Å². The summed E-state index contributed by atoms with van der Waals surface area (Å²) >= 11 is 0. The lowest BCUT2D eigenvalue weighted by atomic mass is 10.3. The fourth-order valence-electron chi connectivity index (χ4n) is 2.05. The van der Waals surface area contributed by atoms with Gasteiger partial charge in [0.05, 0.1) is 24.4 Å². The van der Waals surface area contributed by atoms with Gasteiger partial charge in [0.1, 0.15) is 5.82 Å². The number of rotatable bonds is 5. The minimum absolute atomic E-state index is 0.132. The second kappa shape index (κ2) is 6.06. The number of hydrogen-bond donors (Lipinski definition) is 3. The van der Waals surface area contributed by atoms with Gasteiger partial charge >= 0.3 is 0 Å². The zero-order chi connectivity index (χ0) is 14.5. The van der Waals surface area contributed by atoms with Crippen LogP contribution in [0.25, 0.3) is 0 Å². The summed E-state index contributed by atoms with van der Waals surface area (Å²) in [7, 11) is 0. The van der Waals surface area contributed by atoms with Gasteiger partial charge in [-0.2, -0.15) is 10.3 Å². The van der Waals surface area contributed by atoms with Crippen LogP contribution in [0.15, 0.2) is 16.2 Å². The molecule has 2 rings (SSSR count). The molecule has 0 bridgehead atoms. The first-order valence-corrected chi connectivity index (χ1v) is 6.50. The summed E-state index contributed by atoms with van der Waals surface area (Å²) in [4.78, 5) is 17.5. The van der Waals surface area contributed by atoms with Crippen LogP contribution in [0.5, 0.6) is 0 Å². The lowest BCUT2D eigenvalue weighted by Gasteiger charge is -2.31. The molecule has 0 aromatic carbocycles. The quantitative estimate of drug-likeness (QED) is 0.706. The number of aromatic nitrogens is 2. The van der Waals surface area contributed by atoms with Gasteiger partial charge in [0.15, 0.2) is 6.17 Å². The number of nitriles is 1. The maximum absolute atomic E-state index is 8.73. The molecule has 0 aliphatic carbocycles. The Morgan fingerprint density at radius 1 is 1.50 bits per heavy atom. The Morgan fingerprint density at radius 3 is 3.00 bits per heavy atom. The summed E-state index contributed by atoms with van der Waals surface area (Å²) in [6.07, 6.45) is 3.53. The summed E-state index contributed by atoms with van der Waals surface area (Å²) in [5, 5.41) is 8.73. The number of nitrogens with one attached hydrogen (secondary N) is 1. The molecule has 1 aromatic heterocycles. The first-order valence-electron chi connectivity index (χ1n) is 6.50. The molecule has 0 amide bonds. The number of H-pyrrole nitrogens is 1. The van der Waals surface area contributed by atoms with Crippen molar-refractivity contribution in [1.29, 1.82) is 5.26 Å². The van der Waals surface area contributed by atoms with Crippen molar-refractivity contribution < 1.29 is 0 Å². The molecule has 0 saturated heterocycles. The normalized spacial score (nSPS) is 18.4. The maximum Gasteiger partial charge on any atom is 0.221 e. The van der Waals surface area contributed by atoms with Gasteiger partial charge in [-0.1, -0.05) is 6.92 Å². The highest BCUT2D eigenvalue weighted by Gasteiger charge is 2.27. The standard InChI is InChI=1S/C12H18N8/c1-2-4-9-16-7-8(17-9)10-18-11(14)19-12(15)20(10)6-3-5-13/h7,10H,2-4,6H2,1H3,(H,16,17)(H4,14,15,18,19). The molecule has 1 aromatic rings. The number of nitrogens with two attached hydrogens (primary N) is 2. The Bertz CT molecular complexity index is 564. The van der Waals surface area contributed by atoms with Crippen molar-refractivity contribution in [2.24, 2.45) is 21.5 Å². The SMILES string of the molecule is CCCc1ncc(C2N=C(N)N=C(N)N2CCC#N)[nH]1. The van der Waals surface area contributed by atoms with Gasteiger partial charge in [0.25, 0.3) is 0 Å². The number of imidazole rings is 1. The van der Waals surface area contributed by atoms with Crippen LogP contribution in [0.2, 0.25) is 0 Å². The fourth-order valence-corrected chi connectivity index (χ4v) is 2.05. The molecule has 1 aliphatic heterocycles. The van der Waals surface area contributed by atoms with E-state index in [2.05, 4.69) is 32.9 Å². The van der Waals surface area contributed by atoms with E-state index in [0.29, 0.717) is 13.0 Å². The highest BCUT2D eigenvalue weighted by molar-refractivity contribution is 5.95. The molecule has 106 valence electrons. The molecular weight excluding hydrogens is 256 g/mol. The highest BCUT2D eigenvalue weighted by atomic mass is 15.4. The average Bonchev–Trinajstić information content (AvgIpc) is 2.86. The van der Waals surface area contributed by atoms with Crippen LogP contribution in [0, 0.1) is 11.3 Å². The Kier molecular flexibility index (Phi) is 4.20. The number of aliphatic imine (C=N–C) groups is 2. The molecule has 8 heteroatoms. The smallest absolute Gasteiger partial charge is 0.221 e. The van der Waals surface area contributed by atoms with Crippen LogP contribution in [0.4, 0.5) is 0 Å². The number of aromatic amines is 1. The third-order valence-corrected chi connectivity index (χ3v) is 2.95. The minimum Gasteiger partial charge on any atom is -0.369 e. The number of nitrogens with zero attached hydrogens (tertiary/aromatic N) is 5. The zero-order valence-electron chi connectivity index (χ0n) is 11.4. The lowest BCUT2D eigenvalue weighted by Crippen LogP contribution is -2.44. The number of hydrogen-bond acceptors (Lipinski definition) is 7. The molecule has 1 unspecified atom stereocenters. The van der Waals surface area contributed by atoms with Gasteiger partial charge in [0.2, 0.25) is 11.9 Å². The number of guanidine groups is 2. The van der Waals surface area contributed by atoms with Crippen LogP contribution in [-0.4, -0.2) is 33.3 Å². The van der Waals surface area contributed by atoms with E-state index in [1.807, 2.05) is 0 Å². The molecule has 0 spiro atoms. The zero-order valence-corrected chi connectivity index (χ0v) is 11.4. The summed E-state index contributed by atoms with van der Waals surface area (Å²) in [6.45, 7) is 2.53. The van der Waals surface area contributed by atoms with E-state index in [-0.39, 0.29) is 11.9 Å². The van der Waals surface area contributed by atoms with Crippen molar-refractivity contribution >= 4 is 11.9 Å². The molecule has 1 aliphatic rings. The van der Waals surface area contributed by atoms with Gasteiger partial charge in [-0.25, -0.2) is 9.98 Å². The molecular formula is C12H18N8. The van der Waals surface area contributed by atoms with Crippen molar-refractivity contribution in [3.8, 4) is 6.07 Å². The van der Waals surface area contributed by atoms with E-state index in [1.165, 1.54) is 0 Å². The van der Waals surface area contributed by atoms with E-state index in [4.69, 9.17) is 16.7 Å². The first kappa shape index (κ1) is 13.9. The maximum atomic E-state index is 8.73. The van der Waals surface area contributed by atoms with Crippen molar-refractivity contribution in [2.75, 3.05) is 6.54 Å². The van der Waals surface area contributed by atoms with Crippen LogP contribution < -0.4 is 11.5 Å². The van der Waals surface area contributed by atoms with Gasteiger partial charge < -0.3 is 21.4 Å². The summed E-state index contributed by atoms with van der Waals surface area (Å²) in [5.74, 6) is 1.30. The highest BCUT2D eigenvalue weighted by Crippen LogP contribution is 2.23. The van der Waals surface area contributed by atoms with E-state index < -0.39 is 6.17 Å². The predicted molar refractivity (Wildman–Crippen MR) is 75.5 cm³/mol.